The van der Waals surface area contributed by atoms with Gasteiger partial charge in [0.1, 0.15) is 11.4 Å². The summed E-state index contributed by atoms with van der Waals surface area (Å²) in [6.07, 6.45) is 1.58. The Morgan fingerprint density at radius 3 is 3.31 bits per heavy atom. The number of nitrogens with two attached hydrogens (primary N) is 1. The van der Waals surface area contributed by atoms with Crippen molar-refractivity contribution in [2.45, 2.75) is 11.4 Å². The lowest BCUT2D eigenvalue weighted by atomic mass is 10.1. The molecule has 1 amide bonds. The summed E-state index contributed by atoms with van der Waals surface area (Å²) in [5.74, 6) is 0.509. The van der Waals surface area contributed by atoms with Crippen LogP contribution in [0.5, 0.6) is 0 Å². The van der Waals surface area contributed by atoms with Crippen molar-refractivity contribution in [1.29, 1.82) is 0 Å². The van der Waals surface area contributed by atoms with E-state index in [2.05, 4.69) is 10.0 Å². The third-order valence-electron chi connectivity index (χ3n) is 1.98. The van der Waals surface area contributed by atoms with Gasteiger partial charge in [0, 0.05) is 22.6 Å². The average Bonchev–Trinajstić information content (AvgIpc) is 2.17. The fourth-order valence-electron chi connectivity index (χ4n) is 1.31. The molecule has 6 nitrogen and oxygen atoms in total. The van der Waals surface area contributed by atoms with Crippen molar-refractivity contribution in [1.82, 2.24) is 4.90 Å². The Morgan fingerprint density at radius 2 is 2.62 bits per heavy atom. The Hall–Kier alpha value is -1.17. The van der Waals surface area contributed by atoms with E-state index >= 15 is 0 Å². The summed E-state index contributed by atoms with van der Waals surface area (Å²) in [5, 5.41) is 3.48. The van der Waals surface area contributed by atoms with Gasteiger partial charge in [0.05, 0.1) is 0 Å². The van der Waals surface area contributed by atoms with Gasteiger partial charge in [-0.3, -0.25) is 4.79 Å². The number of azide groups is 1. The largest absolute Gasteiger partial charge is 0.317 e. The summed E-state index contributed by atoms with van der Waals surface area (Å²) in [5.41, 5.74) is 14.3. The first-order chi connectivity index (χ1) is 6.24. The van der Waals surface area contributed by atoms with Crippen LogP contribution in [0.3, 0.4) is 0 Å². The molecule has 1 fully saturated rings. The second kappa shape index (κ2) is 2.95. The number of hydrogen-bond acceptors (Lipinski definition) is 4. The molecule has 2 rings (SSSR count). The second-order valence-corrected chi connectivity index (χ2v) is 3.89. The predicted octanol–water partition coefficient (Wildman–Crippen LogP) is 0.381. The summed E-state index contributed by atoms with van der Waals surface area (Å²) in [6, 6.07) is -0.395. The monoisotopic (exact) mass is 197 g/mol. The van der Waals surface area contributed by atoms with E-state index in [0.29, 0.717) is 11.4 Å². The van der Waals surface area contributed by atoms with E-state index in [1.165, 1.54) is 16.7 Å². The molecule has 2 atom stereocenters. The second-order valence-electron chi connectivity index (χ2n) is 2.78. The maximum Gasteiger partial charge on any atom is 0.247 e. The fourth-order valence-corrected chi connectivity index (χ4v) is 2.44. The number of thioether (sulfide) groups is 1. The molecular weight excluding hydrogens is 190 g/mol. The number of carbonyl (C=O) groups excluding carboxylic acids is 1. The molecule has 1 unspecified atom stereocenters. The molecule has 1 saturated heterocycles. The van der Waals surface area contributed by atoms with Gasteiger partial charge in [-0.15, -0.1) is 11.8 Å². The molecule has 0 spiro atoms. The summed E-state index contributed by atoms with van der Waals surface area (Å²) in [4.78, 5) is 15.3. The highest BCUT2D eigenvalue weighted by atomic mass is 32.2. The molecule has 0 bridgehead atoms. The fraction of sp³-hybridized carbons (Fsp3) is 0.500. The molecule has 0 aromatic rings. The molecule has 2 heterocycles. The number of rotatable bonds is 1. The van der Waals surface area contributed by atoms with E-state index in [1.54, 1.807) is 6.20 Å². The Bertz CT molecular complexity index is 334. The van der Waals surface area contributed by atoms with Crippen molar-refractivity contribution < 1.29 is 4.79 Å². The van der Waals surface area contributed by atoms with Crippen molar-refractivity contribution in [3.05, 3.63) is 22.3 Å². The van der Waals surface area contributed by atoms with Gasteiger partial charge in [-0.2, -0.15) is 0 Å². The normalized spacial score (nSPS) is 31.3. The highest BCUT2D eigenvalue weighted by molar-refractivity contribution is 8.00. The van der Waals surface area contributed by atoms with Gasteiger partial charge in [0.15, 0.2) is 0 Å². The van der Waals surface area contributed by atoms with Crippen molar-refractivity contribution in [3.8, 4) is 0 Å². The zero-order chi connectivity index (χ0) is 9.42. The van der Waals surface area contributed by atoms with Gasteiger partial charge in [-0.25, -0.2) is 0 Å². The highest BCUT2D eigenvalue weighted by Gasteiger charge is 2.46. The molecule has 7 heteroatoms. The van der Waals surface area contributed by atoms with E-state index in [4.69, 9.17) is 11.3 Å². The molecule has 0 aromatic carbocycles. The lowest BCUT2D eigenvalue weighted by molar-refractivity contribution is -0.140. The Morgan fingerprint density at radius 1 is 1.85 bits per heavy atom. The van der Waals surface area contributed by atoms with Gasteiger partial charge in [0.25, 0.3) is 0 Å². The minimum atomic E-state index is -0.395. The molecule has 13 heavy (non-hydrogen) atoms. The van der Waals surface area contributed by atoms with Crippen LogP contribution in [0.15, 0.2) is 17.0 Å². The van der Waals surface area contributed by atoms with Crippen molar-refractivity contribution in [3.63, 3.8) is 0 Å². The summed E-state index contributed by atoms with van der Waals surface area (Å²) in [7, 11) is 0. The van der Waals surface area contributed by atoms with Crippen LogP contribution in [0.1, 0.15) is 0 Å². The lowest BCUT2D eigenvalue weighted by Crippen LogP contribution is -2.65. The maximum absolute atomic E-state index is 11.2. The summed E-state index contributed by atoms with van der Waals surface area (Å²) < 4.78 is 0. The molecular formula is C6H7N5OS. The number of fused-ring (bicyclic) bond motifs is 1. The first kappa shape index (κ1) is 8.43. The molecule has 0 aromatic heterocycles. The minimum Gasteiger partial charge on any atom is -0.317 e. The third-order valence-corrected chi connectivity index (χ3v) is 3.31. The third kappa shape index (κ3) is 1.17. The van der Waals surface area contributed by atoms with Crippen LogP contribution in [0.4, 0.5) is 0 Å². The smallest absolute Gasteiger partial charge is 0.247 e. The van der Waals surface area contributed by atoms with Crippen LogP contribution in [0.25, 0.3) is 10.4 Å². The molecule has 2 aliphatic heterocycles. The van der Waals surface area contributed by atoms with Crippen molar-refractivity contribution >= 4 is 17.7 Å². The topological polar surface area (TPSA) is 95.1 Å². The average molecular weight is 197 g/mol. The van der Waals surface area contributed by atoms with Crippen LogP contribution in [-0.2, 0) is 4.79 Å². The van der Waals surface area contributed by atoms with E-state index < -0.39 is 6.04 Å². The van der Waals surface area contributed by atoms with Crippen LogP contribution >= 0.6 is 11.8 Å². The van der Waals surface area contributed by atoms with Gasteiger partial charge in [0.2, 0.25) is 5.91 Å². The molecule has 0 aliphatic carbocycles. The predicted molar refractivity (Wildman–Crippen MR) is 48.3 cm³/mol. The zero-order valence-electron chi connectivity index (χ0n) is 6.62. The number of carbonyl (C=O) groups is 1. The van der Waals surface area contributed by atoms with E-state index in [0.717, 1.165) is 0 Å². The SMILES string of the molecule is [N-]=[N+]=NC1=CN2C(=O)C(N)[C@H]2SC1. The zero-order valence-corrected chi connectivity index (χ0v) is 7.44. The molecule has 0 radical (unpaired) electrons. The Labute approximate surface area is 78.4 Å². The van der Waals surface area contributed by atoms with Gasteiger partial charge >= 0.3 is 0 Å². The van der Waals surface area contributed by atoms with E-state index in [-0.39, 0.29) is 11.3 Å². The van der Waals surface area contributed by atoms with E-state index in [9.17, 15) is 4.79 Å². The van der Waals surface area contributed by atoms with Crippen molar-refractivity contribution in [2.75, 3.05) is 5.75 Å². The van der Waals surface area contributed by atoms with Crippen LogP contribution in [0.2, 0.25) is 0 Å². The first-order valence-corrected chi connectivity index (χ1v) is 4.74. The highest BCUT2D eigenvalue weighted by Crippen LogP contribution is 2.35. The maximum atomic E-state index is 11.2. The molecule has 0 saturated carbocycles. The van der Waals surface area contributed by atoms with Gasteiger partial charge in [-0.1, -0.05) is 5.11 Å². The van der Waals surface area contributed by atoms with Crippen molar-refractivity contribution in [2.24, 2.45) is 10.8 Å². The Balaban J connectivity index is 2.19. The van der Waals surface area contributed by atoms with Gasteiger partial charge in [-0.05, 0) is 5.53 Å². The standard InChI is InChI=1S/C6H7N5OS/c7-4-5(12)11-1-3(9-10-8)2-13-6(4)11/h1,4,6H,2,7H2/t4?,6-/m1/s1. The number of β-lactam (4-membered cyclic amide) rings is 1. The Kier molecular flexibility index (Phi) is 1.91. The summed E-state index contributed by atoms with van der Waals surface area (Å²) in [6.45, 7) is 0. The molecule has 68 valence electrons. The number of amides is 1. The molecule has 2 N–H and O–H groups in total. The number of hydrogen-bond donors (Lipinski definition) is 1. The molecule has 2 aliphatic rings. The van der Waals surface area contributed by atoms with Crippen LogP contribution in [-0.4, -0.2) is 28.0 Å². The minimum absolute atomic E-state index is 0.0325. The quantitative estimate of drug-likeness (QED) is 0.285. The van der Waals surface area contributed by atoms with Gasteiger partial charge < -0.3 is 10.6 Å². The first-order valence-electron chi connectivity index (χ1n) is 3.69. The number of nitrogens with zero attached hydrogens (tertiary/aromatic N) is 4. The van der Waals surface area contributed by atoms with Crippen LogP contribution in [0, 0.1) is 0 Å². The lowest BCUT2D eigenvalue weighted by Gasteiger charge is -2.45. The summed E-state index contributed by atoms with van der Waals surface area (Å²) >= 11 is 1.52. The van der Waals surface area contributed by atoms with E-state index in [1.807, 2.05) is 0 Å². The van der Waals surface area contributed by atoms with Crippen LogP contribution < -0.4 is 5.73 Å².